The highest BCUT2D eigenvalue weighted by atomic mass is 35.5. The number of halogens is 1. The number of furan rings is 1. The van der Waals surface area contributed by atoms with Crippen LogP contribution in [0.1, 0.15) is 28.6 Å². The zero-order chi connectivity index (χ0) is 21.7. The number of pyridine rings is 1. The maximum absolute atomic E-state index is 13.1. The molecule has 31 heavy (non-hydrogen) atoms. The van der Waals surface area contributed by atoms with Crippen LogP contribution in [0.3, 0.4) is 0 Å². The molecule has 1 saturated heterocycles. The third kappa shape index (κ3) is 3.52. The van der Waals surface area contributed by atoms with Gasteiger partial charge in [-0.2, -0.15) is 0 Å². The van der Waals surface area contributed by atoms with Gasteiger partial charge in [0.25, 0.3) is 11.5 Å². The number of benzene rings is 1. The van der Waals surface area contributed by atoms with Crippen molar-refractivity contribution in [3.8, 4) is 11.3 Å². The summed E-state index contributed by atoms with van der Waals surface area (Å²) >= 11 is 6.21. The molecule has 1 aromatic carbocycles. The molecule has 2 bridgehead atoms. The maximum atomic E-state index is 13.1. The van der Waals surface area contributed by atoms with E-state index in [1.54, 1.807) is 35.2 Å². The number of hydrogen-bond acceptors (Lipinski definition) is 6. The second kappa shape index (κ2) is 7.56. The van der Waals surface area contributed by atoms with Crippen molar-refractivity contribution < 1.29 is 14.4 Å². The Balaban J connectivity index is 1.38. The number of fused-ring (bicyclic) bond motifs is 4. The van der Waals surface area contributed by atoms with E-state index in [2.05, 4.69) is 0 Å². The Morgan fingerprint density at radius 3 is 2.77 bits per heavy atom. The highest BCUT2D eigenvalue weighted by Crippen LogP contribution is 2.36. The van der Waals surface area contributed by atoms with Crippen LogP contribution in [0.2, 0.25) is 5.02 Å². The van der Waals surface area contributed by atoms with Gasteiger partial charge in [0.15, 0.2) is 5.76 Å². The number of nitrogens with zero attached hydrogens (tertiary/aromatic N) is 3. The molecular formula is C22H19ClN3O5-. The minimum absolute atomic E-state index is 0.00384. The minimum atomic E-state index is -0.272. The van der Waals surface area contributed by atoms with E-state index in [1.165, 1.54) is 12.1 Å². The van der Waals surface area contributed by atoms with Crippen LogP contribution in [0.5, 0.6) is 0 Å². The molecule has 1 amide bonds. The molecule has 2 aliphatic heterocycles. The van der Waals surface area contributed by atoms with E-state index in [1.807, 2.05) is 10.6 Å². The van der Waals surface area contributed by atoms with Gasteiger partial charge in [-0.25, -0.2) is 0 Å². The second-order valence-electron chi connectivity index (χ2n) is 8.01. The minimum Gasteiger partial charge on any atom is -0.733 e. The van der Waals surface area contributed by atoms with Crippen molar-refractivity contribution in [3.63, 3.8) is 0 Å². The summed E-state index contributed by atoms with van der Waals surface area (Å²) in [5.74, 6) is 0.731. The molecule has 2 atom stereocenters. The molecule has 0 radical (unpaired) electrons. The van der Waals surface area contributed by atoms with Gasteiger partial charge in [0.05, 0.1) is 10.7 Å². The van der Waals surface area contributed by atoms with Gasteiger partial charge >= 0.3 is 0 Å². The number of rotatable bonds is 3. The first-order valence-corrected chi connectivity index (χ1v) is 10.3. The average molecular weight is 441 g/mol. The number of hydrogen-bond donors (Lipinski definition) is 1. The van der Waals surface area contributed by atoms with E-state index < -0.39 is 0 Å². The third-order valence-electron chi connectivity index (χ3n) is 6.02. The van der Waals surface area contributed by atoms with E-state index in [-0.39, 0.29) is 45.0 Å². The van der Waals surface area contributed by atoms with Crippen molar-refractivity contribution in [2.75, 3.05) is 18.3 Å². The summed E-state index contributed by atoms with van der Waals surface area (Å²) in [6, 6.07) is 12.8. The van der Waals surface area contributed by atoms with Gasteiger partial charge in [0.1, 0.15) is 5.76 Å². The van der Waals surface area contributed by atoms with Gasteiger partial charge in [-0.3, -0.25) is 14.8 Å². The summed E-state index contributed by atoms with van der Waals surface area (Å²) in [6.07, 6.45) is 0.959. The molecule has 0 saturated carbocycles. The highest BCUT2D eigenvalue weighted by Gasteiger charge is 2.37. The van der Waals surface area contributed by atoms with E-state index in [0.29, 0.717) is 31.0 Å². The third-order valence-corrected chi connectivity index (χ3v) is 6.34. The summed E-state index contributed by atoms with van der Waals surface area (Å²) in [4.78, 5) is 27.1. The average Bonchev–Trinajstić information content (AvgIpc) is 3.23. The van der Waals surface area contributed by atoms with Gasteiger partial charge in [0.2, 0.25) is 0 Å². The molecule has 2 aliphatic rings. The van der Waals surface area contributed by atoms with Crippen LogP contribution in [-0.2, 0) is 6.54 Å². The Morgan fingerprint density at radius 1 is 1.16 bits per heavy atom. The smallest absolute Gasteiger partial charge is 0.289 e. The number of carbonyl (C=O) groups is 1. The number of carbonyl (C=O) groups excluding carboxylic acids is 1. The van der Waals surface area contributed by atoms with Gasteiger partial charge in [0, 0.05) is 42.9 Å². The SMILES string of the molecule is O=C(c1ccc(-c2ccc(N([O-])O)cc2Cl)o1)N1C[C@H]2C[C@@H](C1)c1cccc(=O)n1C2. The Morgan fingerprint density at radius 2 is 2.00 bits per heavy atom. The molecule has 4 heterocycles. The van der Waals surface area contributed by atoms with Crippen LogP contribution in [0, 0.1) is 11.1 Å². The molecule has 0 spiro atoms. The van der Waals surface area contributed by atoms with E-state index in [4.69, 9.17) is 21.2 Å². The van der Waals surface area contributed by atoms with Gasteiger partial charge in [-0.05, 0) is 48.7 Å². The van der Waals surface area contributed by atoms with Gasteiger partial charge in [-0.15, -0.1) is 0 Å². The normalized spacial score (nSPS) is 19.8. The molecule has 9 heteroatoms. The molecule has 1 fully saturated rings. The van der Waals surface area contributed by atoms with Crippen LogP contribution in [0.15, 0.2) is 57.7 Å². The molecule has 2 aromatic heterocycles. The first kappa shape index (κ1) is 19.9. The quantitative estimate of drug-likeness (QED) is 0.623. The van der Waals surface area contributed by atoms with Crippen LogP contribution < -0.4 is 10.8 Å². The summed E-state index contributed by atoms with van der Waals surface area (Å²) in [5, 5.41) is 20.0. The molecule has 0 unspecified atom stereocenters. The lowest BCUT2D eigenvalue weighted by molar-refractivity contribution is 0.0564. The first-order chi connectivity index (χ1) is 14.9. The Hall–Kier alpha value is -3.07. The van der Waals surface area contributed by atoms with Crippen LogP contribution in [0.4, 0.5) is 5.69 Å². The Kier molecular flexibility index (Phi) is 4.85. The van der Waals surface area contributed by atoms with E-state index in [0.717, 1.165) is 12.1 Å². The van der Waals surface area contributed by atoms with E-state index in [9.17, 15) is 14.8 Å². The summed E-state index contributed by atoms with van der Waals surface area (Å²) in [7, 11) is 0. The predicted molar refractivity (Wildman–Crippen MR) is 114 cm³/mol. The molecule has 1 N–H and O–H groups in total. The van der Waals surface area contributed by atoms with Crippen LogP contribution in [-0.4, -0.2) is 33.7 Å². The molecular weight excluding hydrogens is 422 g/mol. The standard InChI is InChI=1S/C22H19ClN3O5/c23-17-9-15(26(29)30)4-5-16(17)19-6-7-20(31-19)22(28)24-10-13-8-14(12-24)18-2-1-3-21(27)25(18)11-13/h1-7,9,13-14,29H,8,10-12H2/q-1/t13-,14+/m1/s1. The number of likely N-dealkylation sites (tertiary alicyclic amines) is 1. The summed E-state index contributed by atoms with van der Waals surface area (Å²) in [5.41, 5.74) is 1.49. The predicted octanol–water partition coefficient (Wildman–Crippen LogP) is 3.71. The fraction of sp³-hybridized carbons (Fsp3) is 0.273. The fourth-order valence-corrected chi connectivity index (χ4v) is 4.91. The van der Waals surface area contributed by atoms with Crippen molar-refractivity contribution >= 4 is 23.2 Å². The molecule has 160 valence electrons. The number of amides is 1. The lowest BCUT2D eigenvalue weighted by atomic mass is 9.83. The monoisotopic (exact) mass is 440 g/mol. The van der Waals surface area contributed by atoms with Crippen LogP contribution in [0.25, 0.3) is 11.3 Å². The number of anilines is 1. The molecule has 8 nitrogen and oxygen atoms in total. The largest absolute Gasteiger partial charge is 0.733 e. The summed E-state index contributed by atoms with van der Waals surface area (Å²) < 4.78 is 7.62. The Labute approximate surface area is 182 Å². The summed E-state index contributed by atoms with van der Waals surface area (Å²) in [6.45, 7) is 1.71. The van der Waals surface area contributed by atoms with Crippen molar-refractivity contribution in [2.24, 2.45) is 5.92 Å². The lowest BCUT2D eigenvalue weighted by Crippen LogP contribution is -2.49. The van der Waals surface area contributed by atoms with Crippen molar-refractivity contribution in [2.45, 2.75) is 18.9 Å². The van der Waals surface area contributed by atoms with Crippen molar-refractivity contribution in [1.29, 1.82) is 0 Å². The Bertz CT molecular complexity index is 1220. The lowest BCUT2D eigenvalue weighted by Gasteiger charge is -2.42. The van der Waals surface area contributed by atoms with Gasteiger partial charge in [-0.1, -0.05) is 17.7 Å². The topological polar surface area (TPSA) is 102 Å². The van der Waals surface area contributed by atoms with E-state index >= 15 is 0 Å². The van der Waals surface area contributed by atoms with Crippen LogP contribution >= 0.6 is 11.6 Å². The fourth-order valence-electron chi connectivity index (χ4n) is 4.64. The highest BCUT2D eigenvalue weighted by molar-refractivity contribution is 6.33. The van der Waals surface area contributed by atoms with Gasteiger partial charge < -0.3 is 24.3 Å². The number of piperidine rings is 1. The second-order valence-corrected chi connectivity index (χ2v) is 8.42. The first-order valence-electron chi connectivity index (χ1n) is 9.95. The van der Waals surface area contributed by atoms with Crippen molar-refractivity contribution in [3.05, 3.63) is 80.6 Å². The molecule has 0 aliphatic carbocycles. The molecule has 5 rings (SSSR count). The molecule has 3 aromatic rings. The zero-order valence-electron chi connectivity index (χ0n) is 16.4. The van der Waals surface area contributed by atoms with Crippen molar-refractivity contribution in [1.82, 2.24) is 9.47 Å². The number of aromatic nitrogens is 1. The zero-order valence-corrected chi connectivity index (χ0v) is 17.2. The maximum Gasteiger partial charge on any atom is 0.289 e.